The van der Waals surface area contributed by atoms with Crippen molar-refractivity contribution in [2.75, 3.05) is 46.1 Å². The first-order valence-corrected chi connectivity index (χ1v) is 29.3. The molecule has 438 valence electrons. The third kappa shape index (κ3) is 36.2. The molecule has 1 fully saturated rings. The van der Waals surface area contributed by atoms with E-state index in [0.717, 1.165) is 77.0 Å². The molecule has 0 saturated carbocycles. The highest BCUT2D eigenvalue weighted by atomic mass is 31.2. The molecule has 20 nitrogen and oxygen atoms in total. The van der Waals surface area contributed by atoms with Gasteiger partial charge in [-0.2, -0.15) is 0 Å². The van der Waals surface area contributed by atoms with Crippen LogP contribution < -0.4 is 11.5 Å². The Morgan fingerprint density at radius 2 is 1.09 bits per heavy atom. The largest absolute Gasteiger partial charge is 0.472 e. The molecule has 74 heavy (non-hydrogen) atoms. The summed E-state index contributed by atoms with van der Waals surface area (Å²) < 4.78 is 44.6. The zero-order chi connectivity index (χ0) is 54.0. The maximum absolute atomic E-state index is 12.9. The molecule has 1 aliphatic rings. The summed E-state index contributed by atoms with van der Waals surface area (Å²) in [6.07, 6.45) is 21.3. The standard InChI is InChI=1S/C53H100NO18P.H3N/c1-3-5-7-9-11-13-15-17-19-21-23-25-27-29-31-33-46(59)67-40-42(70-47(60)34-32-30-28-26-24-22-20-18-16-14-12-10-8-6-4-2)41-69-73(65,66)68-36-35-54-37-43(57)48(61)52(44(58)38-55)72-53-51(64)50(63)49(62)45(39-56)71-53;/h17-20,42-45,48-58,61-64H,3-16,21-41H2,1-2H3,(H,65,66);1H3/b19-17-,20-18-;/t42-,43?,44?,45?,48?,49+,50?,51?,52-,53+;/m1./s1. The molecule has 21 heteroatoms. The van der Waals surface area contributed by atoms with Gasteiger partial charge in [0.05, 0.1) is 32.5 Å². The number of phosphoric acid groups is 1. The predicted octanol–water partition coefficient (Wildman–Crippen LogP) is 6.66. The van der Waals surface area contributed by atoms with Gasteiger partial charge in [0.1, 0.15) is 49.3 Å². The van der Waals surface area contributed by atoms with E-state index in [2.05, 4.69) is 43.5 Å². The molecule has 13 N–H and O–H groups in total. The second-order valence-corrected chi connectivity index (χ2v) is 20.8. The Morgan fingerprint density at radius 3 is 1.58 bits per heavy atom. The normalized spacial score (nSPS) is 21.0. The fourth-order valence-electron chi connectivity index (χ4n) is 8.17. The highest BCUT2D eigenvalue weighted by molar-refractivity contribution is 7.47. The van der Waals surface area contributed by atoms with Crippen LogP contribution in [0.1, 0.15) is 194 Å². The summed E-state index contributed by atoms with van der Waals surface area (Å²) in [5, 5.41) is 83.8. The van der Waals surface area contributed by atoms with Crippen LogP contribution in [0.15, 0.2) is 24.3 Å². The topological polar surface area (TPSA) is 336 Å². The van der Waals surface area contributed by atoms with Crippen molar-refractivity contribution in [2.24, 2.45) is 0 Å². The van der Waals surface area contributed by atoms with Gasteiger partial charge in [0, 0.05) is 25.9 Å². The minimum Gasteiger partial charge on any atom is -0.462 e. The van der Waals surface area contributed by atoms with Crippen molar-refractivity contribution in [1.82, 2.24) is 11.5 Å². The number of carbonyl (C=O) groups is 2. The number of hydrogen-bond donors (Lipinski definition) is 11. The van der Waals surface area contributed by atoms with Gasteiger partial charge < -0.3 is 76.2 Å². The zero-order valence-electron chi connectivity index (χ0n) is 45.2. The van der Waals surface area contributed by atoms with E-state index in [1.165, 1.54) is 77.0 Å². The Labute approximate surface area is 443 Å². The minimum absolute atomic E-state index is 0. The van der Waals surface area contributed by atoms with E-state index in [1.807, 2.05) is 0 Å². The number of hydrogen-bond acceptors (Lipinski definition) is 19. The first-order valence-electron chi connectivity index (χ1n) is 27.8. The fraction of sp³-hybridized carbons (Fsp3) is 0.887. The predicted molar refractivity (Wildman–Crippen MR) is 283 cm³/mol. The van der Waals surface area contributed by atoms with E-state index < -0.39 is 121 Å². The van der Waals surface area contributed by atoms with Crippen LogP contribution in [0.2, 0.25) is 0 Å². The highest BCUT2D eigenvalue weighted by Gasteiger charge is 2.47. The maximum Gasteiger partial charge on any atom is 0.472 e. The van der Waals surface area contributed by atoms with Crippen LogP contribution in [0.25, 0.3) is 0 Å². The van der Waals surface area contributed by atoms with Gasteiger partial charge in [0.25, 0.3) is 0 Å². The van der Waals surface area contributed by atoms with Gasteiger partial charge >= 0.3 is 19.8 Å². The van der Waals surface area contributed by atoms with Gasteiger partial charge in [-0.1, -0.05) is 141 Å². The summed E-state index contributed by atoms with van der Waals surface area (Å²) in [7, 11) is -4.76. The Morgan fingerprint density at radius 1 is 0.622 bits per heavy atom. The molecule has 0 aromatic rings. The lowest BCUT2D eigenvalue weighted by Crippen LogP contribution is -2.61. The molecule has 0 amide bonds. The Kier molecular flexibility index (Phi) is 45.8. The average Bonchev–Trinajstić information content (AvgIpc) is 3.37. The first-order chi connectivity index (χ1) is 35.2. The van der Waals surface area contributed by atoms with Crippen LogP contribution in [0.4, 0.5) is 0 Å². The molecule has 1 aliphatic heterocycles. The van der Waals surface area contributed by atoms with Crippen molar-refractivity contribution in [3.63, 3.8) is 0 Å². The number of nitrogens with one attached hydrogen (secondary N) is 1. The summed E-state index contributed by atoms with van der Waals surface area (Å²) in [6.45, 7) is 0.659. The molecule has 0 radical (unpaired) electrons. The summed E-state index contributed by atoms with van der Waals surface area (Å²) in [5.74, 6) is -1.05. The number of allylic oxidation sites excluding steroid dienone is 4. The molecule has 0 aromatic carbocycles. The Balaban J connectivity index is 0.0000533. The molecule has 0 bridgehead atoms. The van der Waals surface area contributed by atoms with Crippen LogP contribution in [0.3, 0.4) is 0 Å². The molecule has 0 aromatic heterocycles. The van der Waals surface area contributed by atoms with Crippen molar-refractivity contribution < 1.29 is 87.9 Å². The molecule has 0 spiro atoms. The minimum atomic E-state index is -4.76. The van der Waals surface area contributed by atoms with Crippen molar-refractivity contribution in [3.05, 3.63) is 24.3 Å². The molecular weight excluding hydrogens is 984 g/mol. The number of phosphoric ester groups is 1. The number of ether oxygens (including phenoxy) is 4. The lowest BCUT2D eigenvalue weighted by molar-refractivity contribution is -0.327. The molecule has 11 atom stereocenters. The SMILES string of the molecule is CCCCCCCC/C=C\CCCCCCCC(=O)OC[C@H](COP(=O)(O)OCCNCC(O)C(O)[C@H](O[C@@H]1OC(CO)[C@H](O)C(O)C1O)C(O)CO)OC(=O)CCCCCCC/C=C\CCCCCCCC.N. The third-order valence-electron chi connectivity index (χ3n) is 12.8. The molecule has 1 rings (SSSR count). The summed E-state index contributed by atoms with van der Waals surface area (Å²) in [5.41, 5.74) is 0. The number of aliphatic hydroxyl groups excluding tert-OH is 8. The second-order valence-electron chi connectivity index (χ2n) is 19.4. The lowest BCUT2D eigenvalue weighted by atomic mass is 9.98. The van der Waals surface area contributed by atoms with Crippen molar-refractivity contribution in [3.8, 4) is 0 Å². The van der Waals surface area contributed by atoms with Crippen molar-refractivity contribution in [2.45, 2.75) is 255 Å². The molecular formula is C53H103N2O18P. The number of unbranched alkanes of at least 4 members (excludes halogenated alkanes) is 22. The van der Waals surface area contributed by atoms with Gasteiger partial charge in [-0.3, -0.25) is 18.6 Å². The monoisotopic (exact) mass is 1090 g/mol. The number of carbonyl (C=O) groups excluding carboxylic acids is 2. The van der Waals surface area contributed by atoms with E-state index in [-0.39, 0.29) is 25.5 Å². The Bertz CT molecular complexity index is 1450. The van der Waals surface area contributed by atoms with E-state index in [0.29, 0.717) is 12.8 Å². The molecule has 0 aliphatic carbocycles. The number of rotatable bonds is 49. The molecule has 1 heterocycles. The van der Waals surface area contributed by atoms with Gasteiger partial charge in [-0.15, -0.1) is 0 Å². The number of esters is 2. The summed E-state index contributed by atoms with van der Waals surface area (Å²) in [4.78, 5) is 36.0. The van der Waals surface area contributed by atoms with E-state index in [4.69, 9.17) is 28.0 Å². The summed E-state index contributed by atoms with van der Waals surface area (Å²) in [6, 6.07) is 0. The van der Waals surface area contributed by atoms with Gasteiger partial charge in [0.15, 0.2) is 12.4 Å². The first kappa shape index (κ1) is 72.0. The quantitative estimate of drug-likeness (QED) is 0.0131. The lowest BCUT2D eigenvalue weighted by Gasteiger charge is -2.42. The third-order valence-corrected chi connectivity index (χ3v) is 13.7. The van der Waals surface area contributed by atoms with E-state index in [1.54, 1.807) is 0 Å². The second kappa shape index (κ2) is 47.1. The van der Waals surface area contributed by atoms with Crippen LogP contribution in [0.5, 0.6) is 0 Å². The van der Waals surface area contributed by atoms with Crippen LogP contribution in [-0.4, -0.2) is 165 Å². The Hall–Kier alpha value is -1.95. The molecule has 1 saturated heterocycles. The van der Waals surface area contributed by atoms with Gasteiger partial charge in [-0.25, -0.2) is 4.57 Å². The average molecular weight is 1090 g/mol. The van der Waals surface area contributed by atoms with E-state index >= 15 is 0 Å². The highest BCUT2D eigenvalue weighted by Crippen LogP contribution is 2.43. The smallest absolute Gasteiger partial charge is 0.462 e. The van der Waals surface area contributed by atoms with Crippen molar-refractivity contribution >= 4 is 19.8 Å². The zero-order valence-corrected chi connectivity index (χ0v) is 46.1. The maximum atomic E-state index is 12.9. The fourth-order valence-corrected chi connectivity index (χ4v) is 8.93. The van der Waals surface area contributed by atoms with Crippen LogP contribution in [-0.2, 0) is 42.1 Å². The van der Waals surface area contributed by atoms with E-state index in [9.17, 15) is 59.9 Å². The number of aliphatic hydroxyl groups is 8. The van der Waals surface area contributed by atoms with Gasteiger partial charge in [-0.05, 0) is 64.2 Å². The summed E-state index contributed by atoms with van der Waals surface area (Å²) >= 11 is 0. The van der Waals surface area contributed by atoms with Gasteiger partial charge in [0.2, 0.25) is 0 Å². The van der Waals surface area contributed by atoms with Crippen LogP contribution in [0, 0.1) is 0 Å². The van der Waals surface area contributed by atoms with Crippen LogP contribution >= 0.6 is 7.82 Å². The molecule has 7 unspecified atom stereocenters. The van der Waals surface area contributed by atoms with Crippen molar-refractivity contribution in [1.29, 1.82) is 0 Å².